The summed E-state index contributed by atoms with van der Waals surface area (Å²) in [6, 6.07) is 2.14. The summed E-state index contributed by atoms with van der Waals surface area (Å²) >= 11 is 0. The lowest BCUT2D eigenvalue weighted by Gasteiger charge is -2.06. The van der Waals surface area contributed by atoms with Crippen molar-refractivity contribution in [3.05, 3.63) is 33.6 Å². The van der Waals surface area contributed by atoms with Crippen LogP contribution in [0.1, 0.15) is 12.0 Å². The highest BCUT2D eigenvalue weighted by molar-refractivity contribution is 5.45. The molecule has 0 saturated carbocycles. The van der Waals surface area contributed by atoms with Crippen molar-refractivity contribution < 1.29 is 14.1 Å². The Labute approximate surface area is 92.2 Å². The topological polar surface area (TPSA) is 52.4 Å². The molecular formula is C11H10FNO3. The number of halogens is 1. The number of nitrogens with zero attached hydrogens (tertiary/aromatic N) is 1. The first-order valence-electron chi connectivity index (χ1n) is 4.57. The van der Waals surface area contributed by atoms with E-state index in [1.165, 1.54) is 13.0 Å². The fourth-order valence-electron chi connectivity index (χ4n) is 1.17. The molecule has 0 unspecified atom stereocenters. The number of aryl methyl sites for hydroxylation is 1. The Balaban J connectivity index is 2.93. The molecule has 0 radical (unpaired) electrons. The molecule has 0 aliphatic heterocycles. The molecule has 0 heterocycles. The molecule has 1 aromatic carbocycles. The van der Waals surface area contributed by atoms with Gasteiger partial charge in [0.15, 0.2) is 11.6 Å². The fourth-order valence-corrected chi connectivity index (χ4v) is 1.17. The Bertz CT molecular complexity index is 451. The van der Waals surface area contributed by atoms with E-state index in [-0.39, 0.29) is 18.0 Å². The maximum atomic E-state index is 13.3. The summed E-state index contributed by atoms with van der Waals surface area (Å²) in [5.74, 6) is 1.58. The number of ether oxygens (including phenoxy) is 1. The Morgan fingerprint density at radius 3 is 2.88 bits per heavy atom. The van der Waals surface area contributed by atoms with Gasteiger partial charge in [-0.3, -0.25) is 10.1 Å². The van der Waals surface area contributed by atoms with Crippen molar-refractivity contribution in [3.63, 3.8) is 0 Å². The van der Waals surface area contributed by atoms with E-state index in [9.17, 15) is 14.5 Å². The van der Waals surface area contributed by atoms with E-state index >= 15 is 0 Å². The molecule has 0 spiro atoms. The third-order valence-corrected chi connectivity index (χ3v) is 1.95. The van der Waals surface area contributed by atoms with Crippen LogP contribution in [0.3, 0.4) is 0 Å². The monoisotopic (exact) mass is 223 g/mol. The summed E-state index contributed by atoms with van der Waals surface area (Å²) in [7, 11) is 0. The minimum atomic E-state index is -0.755. The van der Waals surface area contributed by atoms with E-state index in [1.807, 2.05) is 0 Å². The molecule has 1 rings (SSSR count). The van der Waals surface area contributed by atoms with Gasteiger partial charge in [-0.25, -0.2) is 4.39 Å². The molecule has 84 valence electrons. The van der Waals surface area contributed by atoms with Crippen molar-refractivity contribution in [1.29, 1.82) is 0 Å². The van der Waals surface area contributed by atoms with Gasteiger partial charge >= 0.3 is 0 Å². The van der Waals surface area contributed by atoms with Crippen LogP contribution in [0.25, 0.3) is 0 Å². The predicted octanol–water partition coefficient (Wildman–Crippen LogP) is 2.44. The maximum absolute atomic E-state index is 13.3. The van der Waals surface area contributed by atoms with Gasteiger partial charge in [0, 0.05) is 12.0 Å². The molecule has 0 aromatic heterocycles. The largest absolute Gasteiger partial charge is 0.490 e. The summed E-state index contributed by atoms with van der Waals surface area (Å²) in [5, 5.41) is 10.5. The average Bonchev–Trinajstić information content (AvgIpc) is 2.22. The zero-order valence-electron chi connectivity index (χ0n) is 8.70. The quantitative estimate of drug-likeness (QED) is 0.341. The third kappa shape index (κ3) is 2.70. The maximum Gasteiger partial charge on any atom is 0.275 e. The van der Waals surface area contributed by atoms with Crippen molar-refractivity contribution in [2.45, 2.75) is 13.3 Å². The molecule has 0 atom stereocenters. The van der Waals surface area contributed by atoms with Gasteiger partial charge in [-0.2, -0.15) is 0 Å². The van der Waals surface area contributed by atoms with Crippen LogP contribution in [0.5, 0.6) is 5.75 Å². The summed E-state index contributed by atoms with van der Waals surface area (Å²) < 4.78 is 18.4. The van der Waals surface area contributed by atoms with Gasteiger partial charge in [-0.1, -0.05) is 0 Å². The van der Waals surface area contributed by atoms with Crippen LogP contribution in [0.15, 0.2) is 12.1 Å². The molecule has 1 aromatic rings. The Kier molecular flexibility index (Phi) is 3.84. The number of rotatable bonds is 4. The van der Waals surface area contributed by atoms with Crippen LogP contribution in [-0.4, -0.2) is 11.5 Å². The Morgan fingerprint density at radius 1 is 1.62 bits per heavy atom. The van der Waals surface area contributed by atoms with Crippen molar-refractivity contribution in [2.24, 2.45) is 0 Å². The molecule has 0 aliphatic carbocycles. The van der Waals surface area contributed by atoms with Gasteiger partial charge < -0.3 is 4.74 Å². The highest BCUT2D eigenvalue weighted by atomic mass is 19.1. The average molecular weight is 223 g/mol. The third-order valence-electron chi connectivity index (χ3n) is 1.95. The molecule has 0 amide bonds. The van der Waals surface area contributed by atoms with Crippen molar-refractivity contribution in [3.8, 4) is 18.1 Å². The number of hydrogen-bond acceptors (Lipinski definition) is 3. The highest BCUT2D eigenvalue weighted by Gasteiger charge is 2.15. The lowest BCUT2D eigenvalue weighted by atomic mass is 10.2. The zero-order chi connectivity index (χ0) is 12.1. The molecule has 4 nitrogen and oxygen atoms in total. The normalized spacial score (nSPS) is 9.56. The van der Waals surface area contributed by atoms with Crippen molar-refractivity contribution in [2.75, 3.05) is 6.61 Å². The second kappa shape index (κ2) is 5.12. The van der Waals surface area contributed by atoms with Crippen LogP contribution >= 0.6 is 0 Å². The van der Waals surface area contributed by atoms with Crippen LogP contribution < -0.4 is 4.74 Å². The minimum absolute atomic E-state index is 0.0154. The van der Waals surface area contributed by atoms with Crippen LogP contribution in [0.4, 0.5) is 10.1 Å². The number of benzene rings is 1. The van der Waals surface area contributed by atoms with Crippen LogP contribution in [0.2, 0.25) is 0 Å². The lowest BCUT2D eigenvalue weighted by Crippen LogP contribution is -2.00. The second-order valence-electron chi connectivity index (χ2n) is 3.13. The SMILES string of the molecule is C#CCCOc1cc(C)c([N+](=O)[O-])cc1F. The first kappa shape index (κ1) is 12.0. The number of terminal acetylenes is 1. The van der Waals surface area contributed by atoms with E-state index < -0.39 is 10.7 Å². The van der Waals surface area contributed by atoms with Crippen LogP contribution in [-0.2, 0) is 0 Å². The first-order chi connectivity index (χ1) is 7.56. The number of hydrogen-bond donors (Lipinski definition) is 0. The van der Waals surface area contributed by atoms with E-state index in [0.29, 0.717) is 12.0 Å². The van der Waals surface area contributed by atoms with Gasteiger partial charge in [-0.05, 0) is 13.0 Å². The fraction of sp³-hybridized carbons (Fsp3) is 0.273. The molecule has 5 heteroatoms. The van der Waals surface area contributed by atoms with E-state index in [2.05, 4.69) is 5.92 Å². The van der Waals surface area contributed by atoms with Crippen LogP contribution in [0, 0.1) is 35.2 Å². The standard InChI is InChI=1S/C11H10FNO3/c1-3-4-5-16-11-6-8(2)10(13(14)15)7-9(11)12/h1,6-7H,4-5H2,2H3. The summed E-state index contributed by atoms with van der Waals surface area (Å²) in [5.41, 5.74) is 0.0870. The Hall–Kier alpha value is -2.09. The van der Waals surface area contributed by atoms with Crippen molar-refractivity contribution in [1.82, 2.24) is 0 Å². The smallest absolute Gasteiger partial charge is 0.275 e. The second-order valence-corrected chi connectivity index (χ2v) is 3.13. The molecule has 0 saturated heterocycles. The lowest BCUT2D eigenvalue weighted by molar-refractivity contribution is -0.385. The van der Waals surface area contributed by atoms with Gasteiger partial charge in [0.2, 0.25) is 0 Å². The molecular weight excluding hydrogens is 213 g/mol. The van der Waals surface area contributed by atoms with Gasteiger partial charge in [0.05, 0.1) is 17.6 Å². The van der Waals surface area contributed by atoms with E-state index in [1.54, 1.807) is 0 Å². The molecule has 0 aliphatic rings. The molecule has 0 fully saturated rings. The van der Waals surface area contributed by atoms with Crippen molar-refractivity contribution >= 4 is 5.69 Å². The zero-order valence-corrected chi connectivity index (χ0v) is 8.70. The predicted molar refractivity (Wildman–Crippen MR) is 56.7 cm³/mol. The van der Waals surface area contributed by atoms with Gasteiger partial charge in [-0.15, -0.1) is 12.3 Å². The minimum Gasteiger partial charge on any atom is -0.490 e. The summed E-state index contributed by atoms with van der Waals surface area (Å²) in [6.07, 6.45) is 5.37. The van der Waals surface area contributed by atoms with E-state index in [0.717, 1.165) is 6.07 Å². The van der Waals surface area contributed by atoms with Gasteiger partial charge in [0.25, 0.3) is 5.69 Å². The Morgan fingerprint density at radius 2 is 2.31 bits per heavy atom. The van der Waals surface area contributed by atoms with E-state index in [4.69, 9.17) is 11.2 Å². The summed E-state index contributed by atoms with van der Waals surface area (Å²) in [6.45, 7) is 1.70. The molecule has 16 heavy (non-hydrogen) atoms. The highest BCUT2D eigenvalue weighted by Crippen LogP contribution is 2.26. The molecule has 0 N–H and O–H groups in total. The summed E-state index contributed by atoms with van der Waals surface area (Å²) in [4.78, 5) is 9.88. The number of nitro benzene ring substituents is 1. The number of nitro groups is 1. The first-order valence-corrected chi connectivity index (χ1v) is 4.57. The molecule has 0 bridgehead atoms. The van der Waals surface area contributed by atoms with Gasteiger partial charge in [0.1, 0.15) is 0 Å².